The van der Waals surface area contributed by atoms with Crippen molar-refractivity contribution in [3.8, 4) is 10.4 Å². The molecule has 3 rings (SSSR count). The summed E-state index contributed by atoms with van der Waals surface area (Å²) in [6.45, 7) is 0.215. The summed E-state index contributed by atoms with van der Waals surface area (Å²) in [4.78, 5) is 13.2. The molecule has 1 amide bonds. The third-order valence-corrected chi connectivity index (χ3v) is 5.87. The van der Waals surface area contributed by atoms with Crippen molar-refractivity contribution < 1.29 is 9.90 Å². The van der Waals surface area contributed by atoms with Crippen molar-refractivity contribution in [2.75, 3.05) is 6.54 Å². The van der Waals surface area contributed by atoms with E-state index in [-0.39, 0.29) is 12.5 Å². The molecule has 2 aromatic carbocycles. The van der Waals surface area contributed by atoms with Crippen molar-refractivity contribution in [1.29, 1.82) is 0 Å². The summed E-state index contributed by atoms with van der Waals surface area (Å²) in [5, 5.41) is 15.2. The Balaban J connectivity index is 1.48. The van der Waals surface area contributed by atoms with Gasteiger partial charge in [-0.25, -0.2) is 0 Å². The van der Waals surface area contributed by atoms with Crippen LogP contribution in [0.25, 0.3) is 10.4 Å². The Hall–Kier alpha value is -1.95. The Morgan fingerprint density at radius 2 is 1.85 bits per heavy atom. The molecule has 0 aliphatic heterocycles. The maximum atomic E-state index is 12.0. The number of rotatable bonds is 7. The summed E-state index contributed by atoms with van der Waals surface area (Å²) < 4.78 is 1.01. The third kappa shape index (κ3) is 5.04. The number of thiophene rings is 1. The fourth-order valence-corrected chi connectivity index (χ4v) is 3.89. The van der Waals surface area contributed by atoms with E-state index in [1.54, 1.807) is 11.3 Å². The molecule has 3 nitrogen and oxygen atoms in total. The van der Waals surface area contributed by atoms with Crippen LogP contribution in [0.2, 0.25) is 0 Å². The number of aliphatic hydroxyl groups is 1. The number of nitrogens with one attached hydrogen (secondary N) is 1. The van der Waals surface area contributed by atoms with E-state index in [9.17, 15) is 9.90 Å². The molecule has 0 bridgehead atoms. The molecule has 2 N–H and O–H groups in total. The molecule has 0 saturated heterocycles. The molecule has 0 aliphatic carbocycles. The van der Waals surface area contributed by atoms with Gasteiger partial charge in [0.25, 0.3) is 0 Å². The number of carbonyl (C=O) groups is 1. The molecule has 0 spiro atoms. The Bertz CT molecular complexity index is 847. The van der Waals surface area contributed by atoms with Crippen LogP contribution in [0.1, 0.15) is 23.7 Å². The predicted octanol–water partition coefficient (Wildman–Crippen LogP) is 4.96. The van der Waals surface area contributed by atoms with Gasteiger partial charge >= 0.3 is 0 Å². The van der Waals surface area contributed by atoms with Crippen LogP contribution in [0.15, 0.2) is 70.5 Å². The molecule has 26 heavy (non-hydrogen) atoms. The lowest BCUT2D eigenvalue weighted by Crippen LogP contribution is -2.28. The highest BCUT2D eigenvalue weighted by molar-refractivity contribution is 9.10. The average Bonchev–Trinajstić information content (AvgIpc) is 3.20. The first-order chi connectivity index (χ1) is 12.6. The van der Waals surface area contributed by atoms with Crippen molar-refractivity contribution in [1.82, 2.24) is 5.32 Å². The van der Waals surface area contributed by atoms with Crippen LogP contribution in [0.5, 0.6) is 0 Å². The molecule has 1 unspecified atom stereocenters. The number of carbonyl (C=O) groups excluding carboxylic acids is 1. The summed E-state index contributed by atoms with van der Waals surface area (Å²) in [5.41, 5.74) is 3.04. The van der Waals surface area contributed by atoms with E-state index in [4.69, 9.17) is 0 Å². The minimum atomic E-state index is -0.709. The Kier molecular flexibility index (Phi) is 6.61. The molecule has 0 fully saturated rings. The lowest BCUT2D eigenvalue weighted by atomic mass is 10.1. The number of halogens is 1. The highest BCUT2D eigenvalue weighted by Gasteiger charge is 2.11. The van der Waals surface area contributed by atoms with E-state index >= 15 is 0 Å². The highest BCUT2D eigenvalue weighted by Crippen LogP contribution is 2.26. The molecular weight excluding hydrogens is 410 g/mol. The molecule has 1 aromatic heterocycles. The number of hydrogen-bond acceptors (Lipinski definition) is 3. The zero-order chi connectivity index (χ0) is 18.4. The van der Waals surface area contributed by atoms with Crippen LogP contribution in [0.3, 0.4) is 0 Å². The molecule has 5 heteroatoms. The van der Waals surface area contributed by atoms with E-state index in [2.05, 4.69) is 27.3 Å². The lowest BCUT2D eigenvalue weighted by Gasteiger charge is -2.13. The largest absolute Gasteiger partial charge is 0.387 e. The van der Waals surface area contributed by atoms with E-state index in [1.807, 2.05) is 60.0 Å². The molecule has 134 valence electrons. The van der Waals surface area contributed by atoms with Gasteiger partial charge in [0.05, 0.1) is 6.10 Å². The van der Waals surface area contributed by atoms with Crippen LogP contribution in [-0.2, 0) is 11.2 Å². The monoisotopic (exact) mass is 429 g/mol. The standard InChI is InChI=1S/C21H20BrNO2S/c22-18-5-2-1-4-15(18)11-12-21(25)23-14-19(24)16-7-9-17(10-8-16)20-6-3-13-26-20/h1-10,13,19,24H,11-12,14H2,(H,23,25). The van der Waals surface area contributed by atoms with Gasteiger partial charge in [0.2, 0.25) is 5.91 Å². The first kappa shape index (κ1) is 18.8. The average molecular weight is 430 g/mol. The SMILES string of the molecule is O=C(CCc1ccccc1Br)NCC(O)c1ccc(-c2cccs2)cc1. The minimum Gasteiger partial charge on any atom is -0.387 e. The van der Waals surface area contributed by atoms with E-state index < -0.39 is 6.10 Å². The molecule has 1 atom stereocenters. The Morgan fingerprint density at radius 3 is 2.54 bits per heavy atom. The molecule has 0 aliphatic rings. The maximum Gasteiger partial charge on any atom is 0.220 e. The van der Waals surface area contributed by atoms with Crippen molar-refractivity contribution in [2.24, 2.45) is 0 Å². The second kappa shape index (κ2) is 9.12. The van der Waals surface area contributed by atoms with Crippen LogP contribution >= 0.6 is 27.3 Å². The van der Waals surface area contributed by atoms with E-state index in [0.717, 1.165) is 21.2 Å². The second-order valence-corrected chi connectivity index (χ2v) is 7.81. The van der Waals surface area contributed by atoms with Gasteiger partial charge in [0.1, 0.15) is 0 Å². The summed E-state index contributed by atoms with van der Waals surface area (Å²) >= 11 is 5.17. The van der Waals surface area contributed by atoms with Gasteiger partial charge in [-0.2, -0.15) is 0 Å². The fraction of sp³-hybridized carbons (Fsp3) is 0.190. The van der Waals surface area contributed by atoms with Gasteiger partial charge in [0, 0.05) is 22.3 Å². The number of aliphatic hydroxyl groups excluding tert-OH is 1. The van der Waals surface area contributed by atoms with Crippen molar-refractivity contribution >= 4 is 33.2 Å². The van der Waals surface area contributed by atoms with E-state index in [0.29, 0.717) is 12.8 Å². The molecule has 0 radical (unpaired) electrons. The molecule has 3 aromatic rings. The smallest absolute Gasteiger partial charge is 0.220 e. The summed E-state index contributed by atoms with van der Waals surface area (Å²) in [6.07, 6.45) is 0.353. The number of benzene rings is 2. The Labute approximate surface area is 165 Å². The van der Waals surface area contributed by atoms with Gasteiger partial charge in [0.15, 0.2) is 0 Å². The maximum absolute atomic E-state index is 12.0. The van der Waals surface area contributed by atoms with Gasteiger partial charge in [-0.1, -0.05) is 64.5 Å². The zero-order valence-electron chi connectivity index (χ0n) is 14.2. The van der Waals surface area contributed by atoms with E-state index in [1.165, 1.54) is 4.88 Å². The number of hydrogen-bond donors (Lipinski definition) is 2. The third-order valence-electron chi connectivity index (χ3n) is 4.17. The number of amides is 1. The Morgan fingerprint density at radius 1 is 1.08 bits per heavy atom. The van der Waals surface area contributed by atoms with Crippen LogP contribution in [0.4, 0.5) is 0 Å². The van der Waals surface area contributed by atoms with Crippen molar-refractivity contribution in [2.45, 2.75) is 18.9 Å². The highest BCUT2D eigenvalue weighted by atomic mass is 79.9. The summed E-state index contributed by atoms with van der Waals surface area (Å²) in [7, 11) is 0. The summed E-state index contributed by atoms with van der Waals surface area (Å²) in [5.74, 6) is -0.0602. The van der Waals surface area contributed by atoms with Gasteiger partial charge in [-0.15, -0.1) is 11.3 Å². The normalized spacial score (nSPS) is 11.9. The molecule has 0 saturated carbocycles. The zero-order valence-corrected chi connectivity index (χ0v) is 16.6. The van der Waals surface area contributed by atoms with Gasteiger partial charge < -0.3 is 10.4 Å². The van der Waals surface area contributed by atoms with Crippen LogP contribution in [0, 0.1) is 0 Å². The van der Waals surface area contributed by atoms with Crippen molar-refractivity contribution in [3.63, 3.8) is 0 Å². The first-order valence-electron chi connectivity index (χ1n) is 8.45. The first-order valence-corrected chi connectivity index (χ1v) is 10.1. The number of aryl methyl sites for hydroxylation is 1. The van der Waals surface area contributed by atoms with Crippen molar-refractivity contribution in [3.05, 3.63) is 81.6 Å². The topological polar surface area (TPSA) is 49.3 Å². The predicted molar refractivity (Wildman–Crippen MR) is 110 cm³/mol. The minimum absolute atomic E-state index is 0.0602. The van der Waals surface area contributed by atoms with Gasteiger partial charge in [-0.3, -0.25) is 4.79 Å². The van der Waals surface area contributed by atoms with Crippen LogP contribution in [-0.4, -0.2) is 17.6 Å². The second-order valence-electron chi connectivity index (χ2n) is 6.01. The summed E-state index contributed by atoms with van der Waals surface area (Å²) in [6, 6.07) is 19.8. The van der Waals surface area contributed by atoms with Gasteiger partial charge in [-0.05, 0) is 40.6 Å². The quantitative estimate of drug-likeness (QED) is 0.557. The molecular formula is C21H20BrNO2S. The fourth-order valence-electron chi connectivity index (χ4n) is 2.68. The van der Waals surface area contributed by atoms with Crippen LogP contribution < -0.4 is 5.32 Å². The molecule has 1 heterocycles. The lowest BCUT2D eigenvalue weighted by molar-refractivity contribution is -0.121.